The number of anilines is 1. The van der Waals surface area contributed by atoms with Gasteiger partial charge >= 0.3 is 0 Å². The van der Waals surface area contributed by atoms with Crippen LogP contribution in [-0.2, 0) is 11.3 Å². The first-order valence-electron chi connectivity index (χ1n) is 8.50. The molecule has 2 aliphatic rings. The molecule has 2 aromatic rings. The number of para-hydroxylation sites is 1. The first-order chi connectivity index (χ1) is 12.2. The number of piperazine rings is 1. The number of hydrogen-bond acceptors (Lipinski definition) is 5. The molecule has 1 fully saturated rings. The summed E-state index contributed by atoms with van der Waals surface area (Å²) >= 11 is 1.49. The molecule has 2 aliphatic heterocycles. The molecular weight excluding hydrogens is 336 g/mol. The van der Waals surface area contributed by atoms with Gasteiger partial charge in [0.25, 0.3) is 5.56 Å². The number of nitrogens with zero attached hydrogens (tertiary/aromatic N) is 4. The van der Waals surface area contributed by atoms with Crippen LogP contribution in [-0.4, -0.2) is 52.3 Å². The van der Waals surface area contributed by atoms with Crippen molar-refractivity contribution in [3.05, 3.63) is 52.9 Å². The number of hydrogen-bond donors (Lipinski definition) is 0. The highest BCUT2D eigenvalue weighted by Crippen LogP contribution is 2.26. The lowest BCUT2D eigenvalue weighted by molar-refractivity contribution is -0.135. The molecule has 1 aromatic heterocycles. The molecule has 4 rings (SSSR count). The van der Waals surface area contributed by atoms with Crippen LogP contribution in [0.4, 0.5) is 5.69 Å². The number of benzene rings is 1. The molecule has 1 aromatic carbocycles. The minimum Gasteiger partial charge on any atom is -0.368 e. The molecule has 6 nitrogen and oxygen atoms in total. The zero-order chi connectivity index (χ0) is 17.2. The van der Waals surface area contributed by atoms with E-state index in [0.717, 1.165) is 26.2 Å². The van der Waals surface area contributed by atoms with E-state index in [4.69, 9.17) is 0 Å². The third-order valence-electron chi connectivity index (χ3n) is 4.78. The van der Waals surface area contributed by atoms with Gasteiger partial charge in [-0.15, -0.1) is 0 Å². The normalized spacial score (nSPS) is 20.2. The van der Waals surface area contributed by atoms with Crippen molar-refractivity contribution in [2.75, 3.05) is 36.8 Å². The average molecular weight is 356 g/mol. The summed E-state index contributed by atoms with van der Waals surface area (Å²) in [5.41, 5.74) is 1.12. The molecular formula is C18H20N4O2S. The molecule has 1 amide bonds. The SMILES string of the molecule is O=C(C1CSc2nccc(=O)n2C1)N1CCN(c2ccccc2)CC1. The highest BCUT2D eigenvalue weighted by atomic mass is 32.2. The van der Waals surface area contributed by atoms with Crippen LogP contribution in [0.1, 0.15) is 0 Å². The number of rotatable bonds is 2. The van der Waals surface area contributed by atoms with Crippen LogP contribution in [0.2, 0.25) is 0 Å². The maximum Gasteiger partial charge on any atom is 0.254 e. The maximum absolute atomic E-state index is 12.9. The van der Waals surface area contributed by atoms with E-state index in [1.807, 2.05) is 23.1 Å². The fraction of sp³-hybridized carbons (Fsp3) is 0.389. The fourth-order valence-electron chi connectivity index (χ4n) is 3.38. The van der Waals surface area contributed by atoms with E-state index in [0.29, 0.717) is 17.5 Å². The van der Waals surface area contributed by atoms with Gasteiger partial charge in [0.05, 0.1) is 5.92 Å². The topological polar surface area (TPSA) is 58.4 Å². The maximum atomic E-state index is 12.9. The molecule has 3 heterocycles. The molecule has 0 radical (unpaired) electrons. The lowest BCUT2D eigenvalue weighted by Crippen LogP contribution is -2.52. The quantitative estimate of drug-likeness (QED) is 0.760. The van der Waals surface area contributed by atoms with Gasteiger partial charge in [-0.3, -0.25) is 14.2 Å². The molecule has 130 valence electrons. The van der Waals surface area contributed by atoms with Gasteiger partial charge in [-0.2, -0.15) is 0 Å². The van der Waals surface area contributed by atoms with Crippen molar-refractivity contribution in [2.45, 2.75) is 11.7 Å². The summed E-state index contributed by atoms with van der Waals surface area (Å²) in [5, 5.41) is 0.713. The Labute approximate surface area is 150 Å². The standard InChI is InChI=1S/C18H20N4O2S/c23-16-6-7-19-18-22(16)12-14(13-25-18)17(24)21-10-8-20(9-11-21)15-4-2-1-3-5-15/h1-7,14H,8-13H2. The zero-order valence-electron chi connectivity index (χ0n) is 13.9. The van der Waals surface area contributed by atoms with E-state index in [2.05, 4.69) is 22.0 Å². The van der Waals surface area contributed by atoms with Crippen molar-refractivity contribution in [1.82, 2.24) is 14.5 Å². The second-order valence-electron chi connectivity index (χ2n) is 6.33. The molecule has 1 unspecified atom stereocenters. The Morgan fingerprint density at radius 1 is 1.08 bits per heavy atom. The molecule has 7 heteroatoms. The van der Waals surface area contributed by atoms with E-state index < -0.39 is 0 Å². The summed E-state index contributed by atoms with van der Waals surface area (Å²) in [6, 6.07) is 11.7. The summed E-state index contributed by atoms with van der Waals surface area (Å²) in [7, 11) is 0. The van der Waals surface area contributed by atoms with E-state index in [1.54, 1.807) is 4.57 Å². The largest absolute Gasteiger partial charge is 0.368 e. The minimum atomic E-state index is -0.150. The van der Waals surface area contributed by atoms with Crippen molar-refractivity contribution in [3.8, 4) is 0 Å². The molecule has 25 heavy (non-hydrogen) atoms. The highest BCUT2D eigenvalue weighted by molar-refractivity contribution is 7.99. The Morgan fingerprint density at radius 2 is 1.84 bits per heavy atom. The van der Waals surface area contributed by atoms with Gasteiger partial charge in [0, 0.05) is 56.4 Å². The van der Waals surface area contributed by atoms with Crippen LogP contribution in [0.5, 0.6) is 0 Å². The van der Waals surface area contributed by atoms with Crippen molar-refractivity contribution >= 4 is 23.4 Å². The molecule has 1 atom stereocenters. The number of carbonyl (C=O) groups excluding carboxylic acids is 1. The molecule has 0 N–H and O–H groups in total. The summed E-state index contributed by atoms with van der Waals surface area (Å²) in [6.45, 7) is 3.57. The number of aromatic nitrogens is 2. The van der Waals surface area contributed by atoms with Crippen LogP contribution in [0, 0.1) is 5.92 Å². The van der Waals surface area contributed by atoms with Gasteiger partial charge in [-0.05, 0) is 12.1 Å². The van der Waals surface area contributed by atoms with Gasteiger partial charge in [0.2, 0.25) is 5.91 Å². The highest BCUT2D eigenvalue weighted by Gasteiger charge is 2.31. The predicted molar refractivity (Wildman–Crippen MR) is 97.9 cm³/mol. The van der Waals surface area contributed by atoms with E-state index in [9.17, 15) is 9.59 Å². The van der Waals surface area contributed by atoms with Gasteiger partial charge in [-0.1, -0.05) is 30.0 Å². The van der Waals surface area contributed by atoms with Gasteiger partial charge in [-0.25, -0.2) is 4.98 Å². The Bertz CT molecular complexity index is 815. The van der Waals surface area contributed by atoms with Crippen LogP contribution in [0.25, 0.3) is 0 Å². The van der Waals surface area contributed by atoms with Crippen molar-refractivity contribution < 1.29 is 4.79 Å². The third kappa shape index (κ3) is 3.28. The van der Waals surface area contributed by atoms with Crippen molar-refractivity contribution in [2.24, 2.45) is 5.92 Å². The second-order valence-corrected chi connectivity index (χ2v) is 7.32. The van der Waals surface area contributed by atoms with Gasteiger partial charge in [0.15, 0.2) is 5.16 Å². The van der Waals surface area contributed by atoms with E-state index >= 15 is 0 Å². The third-order valence-corrected chi connectivity index (χ3v) is 5.93. The van der Waals surface area contributed by atoms with E-state index in [-0.39, 0.29) is 17.4 Å². The Hall–Kier alpha value is -2.28. The van der Waals surface area contributed by atoms with Crippen LogP contribution < -0.4 is 10.5 Å². The van der Waals surface area contributed by atoms with Crippen LogP contribution in [0.15, 0.2) is 52.5 Å². The number of amides is 1. The summed E-state index contributed by atoms with van der Waals surface area (Å²) in [4.78, 5) is 33.3. The monoisotopic (exact) mass is 356 g/mol. The summed E-state index contributed by atoms with van der Waals surface area (Å²) < 4.78 is 1.62. The fourth-order valence-corrected chi connectivity index (χ4v) is 4.44. The molecule has 0 saturated carbocycles. The molecule has 0 spiro atoms. The lowest BCUT2D eigenvalue weighted by Gasteiger charge is -2.38. The zero-order valence-corrected chi connectivity index (χ0v) is 14.7. The Morgan fingerprint density at radius 3 is 2.60 bits per heavy atom. The van der Waals surface area contributed by atoms with Crippen LogP contribution >= 0.6 is 11.8 Å². The summed E-state index contributed by atoms with van der Waals surface area (Å²) in [6.07, 6.45) is 1.53. The van der Waals surface area contributed by atoms with Crippen molar-refractivity contribution in [1.29, 1.82) is 0 Å². The van der Waals surface area contributed by atoms with Crippen LogP contribution in [0.3, 0.4) is 0 Å². The average Bonchev–Trinajstić information content (AvgIpc) is 2.68. The van der Waals surface area contributed by atoms with E-state index in [1.165, 1.54) is 29.7 Å². The molecule has 0 aliphatic carbocycles. The summed E-state index contributed by atoms with van der Waals surface area (Å²) in [5.74, 6) is 0.693. The number of fused-ring (bicyclic) bond motifs is 1. The molecule has 1 saturated heterocycles. The Kier molecular flexibility index (Phi) is 4.48. The van der Waals surface area contributed by atoms with Crippen molar-refractivity contribution in [3.63, 3.8) is 0 Å². The smallest absolute Gasteiger partial charge is 0.254 e. The minimum absolute atomic E-state index is 0.0797. The predicted octanol–water partition coefficient (Wildman–Crippen LogP) is 1.31. The van der Waals surface area contributed by atoms with Gasteiger partial charge < -0.3 is 9.80 Å². The first-order valence-corrected chi connectivity index (χ1v) is 9.48. The Balaban J connectivity index is 1.40. The number of carbonyl (C=O) groups is 1. The number of thioether (sulfide) groups is 1. The van der Waals surface area contributed by atoms with Gasteiger partial charge in [0.1, 0.15) is 0 Å². The first kappa shape index (κ1) is 16.2. The molecule has 0 bridgehead atoms. The second kappa shape index (κ2) is 6.92. The lowest BCUT2D eigenvalue weighted by atomic mass is 10.1.